The number of carbonyl (C=O) groups excluding carboxylic acids is 1. The molecule has 0 bridgehead atoms. The molecule has 1 heterocycles. The Morgan fingerprint density at radius 3 is 2.59 bits per heavy atom. The molecule has 1 saturated heterocycles. The lowest BCUT2D eigenvalue weighted by atomic mass is 9.68. The van der Waals surface area contributed by atoms with Crippen molar-refractivity contribution in [2.24, 2.45) is 17.1 Å². The fourth-order valence-electron chi connectivity index (χ4n) is 3.91. The molecule has 2 atom stereocenters. The van der Waals surface area contributed by atoms with Crippen molar-refractivity contribution < 1.29 is 4.79 Å². The van der Waals surface area contributed by atoms with Crippen LogP contribution in [0.3, 0.4) is 0 Å². The van der Waals surface area contributed by atoms with E-state index in [0.29, 0.717) is 23.7 Å². The molecular weight excluding hydrogens is 212 g/mol. The summed E-state index contributed by atoms with van der Waals surface area (Å²) in [5, 5.41) is 0. The highest BCUT2D eigenvalue weighted by atomic mass is 16.2. The fraction of sp³-hybridized carbons (Fsp3) is 0.929. The van der Waals surface area contributed by atoms with Gasteiger partial charge in [0.1, 0.15) is 0 Å². The third-order valence-electron chi connectivity index (χ3n) is 5.36. The molecule has 2 N–H and O–H groups in total. The summed E-state index contributed by atoms with van der Waals surface area (Å²) >= 11 is 0. The van der Waals surface area contributed by atoms with E-state index >= 15 is 0 Å². The molecule has 0 aromatic carbocycles. The van der Waals surface area contributed by atoms with Crippen molar-refractivity contribution in [2.45, 2.75) is 57.4 Å². The van der Waals surface area contributed by atoms with Crippen LogP contribution in [0.5, 0.6) is 0 Å². The van der Waals surface area contributed by atoms with Crippen LogP contribution in [-0.4, -0.2) is 29.9 Å². The van der Waals surface area contributed by atoms with Gasteiger partial charge in [-0.05, 0) is 43.4 Å². The highest BCUT2D eigenvalue weighted by Crippen LogP contribution is 2.48. The van der Waals surface area contributed by atoms with E-state index in [4.69, 9.17) is 5.73 Å². The maximum Gasteiger partial charge on any atom is 0.222 e. The number of nitrogens with two attached hydrogens (primary N) is 1. The van der Waals surface area contributed by atoms with Crippen LogP contribution in [0.1, 0.15) is 51.4 Å². The van der Waals surface area contributed by atoms with Crippen molar-refractivity contribution >= 4 is 5.91 Å². The number of amides is 1. The van der Waals surface area contributed by atoms with E-state index in [1.807, 2.05) is 0 Å². The zero-order valence-corrected chi connectivity index (χ0v) is 10.7. The van der Waals surface area contributed by atoms with Gasteiger partial charge in [-0.15, -0.1) is 0 Å². The van der Waals surface area contributed by atoms with Crippen LogP contribution in [0.2, 0.25) is 0 Å². The first-order valence-corrected chi connectivity index (χ1v) is 7.22. The first-order chi connectivity index (χ1) is 8.19. The molecule has 3 heteroatoms. The van der Waals surface area contributed by atoms with Gasteiger partial charge in [0.05, 0.1) is 0 Å². The summed E-state index contributed by atoms with van der Waals surface area (Å²) in [4.78, 5) is 14.4. The molecule has 3 aliphatic rings. The Morgan fingerprint density at radius 2 is 2.06 bits per heavy atom. The number of rotatable bonds is 2. The van der Waals surface area contributed by atoms with Crippen LogP contribution in [0.4, 0.5) is 0 Å². The first kappa shape index (κ1) is 11.5. The summed E-state index contributed by atoms with van der Waals surface area (Å²) in [5.41, 5.74) is 6.58. The quantitative estimate of drug-likeness (QED) is 0.796. The fourth-order valence-corrected chi connectivity index (χ4v) is 3.91. The molecule has 0 aromatic rings. The topological polar surface area (TPSA) is 46.3 Å². The third-order valence-corrected chi connectivity index (χ3v) is 5.36. The van der Waals surface area contributed by atoms with Crippen LogP contribution < -0.4 is 5.73 Å². The average Bonchev–Trinajstić information content (AvgIpc) is 2.85. The van der Waals surface area contributed by atoms with Crippen LogP contribution in [-0.2, 0) is 4.79 Å². The Bertz CT molecular complexity index is 311. The molecule has 3 fully saturated rings. The monoisotopic (exact) mass is 236 g/mol. The highest BCUT2D eigenvalue weighted by Gasteiger charge is 2.44. The van der Waals surface area contributed by atoms with Crippen molar-refractivity contribution in [3.05, 3.63) is 0 Å². The molecule has 2 saturated carbocycles. The molecular formula is C14H24N2O. The molecule has 2 aliphatic carbocycles. The predicted octanol–water partition coefficient (Wildman–Crippen LogP) is 1.91. The van der Waals surface area contributed by atoms with Crippen molar-refractivity contribution in [2.75, 3.05) is 13.1 Å². The lowest BCUT2D eigenvalue weighted by Gasteiger charge is -2.38. The van der Waals surface area contributed by atoms with Gasteiger partial charge in [0.15, 0.2) is 0 Å². The van der Waals surface area contributed by atoms with Crippen LogP contribution >= 0.6 is 0 Å². The molecule has 96 valence electrons. The molecule has 0 aromatic heterocycles. The molecule has 1 aliphatic heterocycles. The van der Waals surface area contributed by atoms with Gasteiger partial charge < -0.3 is 10.6 Å². The summed E-state index contributed by atoms with van der Waals surface area (Å²) in [7, 11) is 0. The average molecular weight is 236 g/mol. The van der Waals surface area contributed by atoms with Gasteiger partial charge in [-0.25, -0.2) is 0 Å². The SMILES string of the molecule is N[C@@H]1CCC[C@H]1CC(=O)N1CCC2(CCC2)C1. The van der Waals surface area contributed by atoms with Gasteiger partial charge in [0, 0.05) is 25.6 Å². The van der Waals surface area contributed by atoms with Gasteiger partial charge in [-0.2, -0.15) is 0 Å². The summed E-state index contributed by atoms with van der Waals surface area (Å²) in [6, 6.07) is 0.277. The lowest BCUT2D eigenvalue weighted by molar-refractivity contribution is -0.131. The summed E-state index contributed by atoms with van der Waals surface area (Å²) in [5.74, 6) is 0.830. The third kappa shape index (κ3) is 2.10. The van der Waals surface area contributed by atoms with Crippen molar-refractivity contribution in [3.8, 4) is 0 Å². The van der Waals surface area contributed by atoms with Crippen LogP contribution in [0, 0.1) is 11.3 Å². The maximum atomic E-state index is 12.2. The van der Waals surface area contributed by atoms with E-state index in [1.165, 1.54) is 32.1 Å². The van der Waals surface area contributed by atoms with Crippen molar-refractivity contribution in [1.29, 1.82) is 0 Å². The molecule has 1 amide bonds. The van der Waals surface area contributed by atoms with E-state index in [1.54, 1.807) is 0 Å². The summed E-state index contributed by atoms with van der Waals surface area (Å²) in [6.07, 6.45) is 9.50. The second-order valence-electron chi connectivity index (χ2n) is 6.48. The largest absolute Gasteiger partial charge is 0.342 e. The van der Waals surface area contributed by atoms with E-state index in [2.05, 4.69) is 4.90 Å². The molecule has 1 spiro atoms. The van der Waals surface area contributed by atoms with E-state index in [0.717, 1.165) is 25.9 Å². The smallest absolute Gasteiger partial charge is 0.222 e. The first-order valence-electron chi connectivity index (χ1n) is 7.22. The van der Waals surface area contributed by atoms with E-state index < -0.39 is 0 Å². The molecule has 0 unspecified atom stereocenters. The van der Waals surface area contributed by atoms with E-state index in [-0.39, 0.29) is 6.04 Å². The summed E-state index contributed by atoms with van der Waals surface area (Å²) < 4.78 is 0. The minimum absolute atomic E-state index is 0.277. The second kappa shape index (κ2) is 4.27. The number of nitrogens with zero attached hydrogens (tertiary/aromatic N) is 1. The van der Waals surface area contributed by atoms with Gasteiger partial charge >= 0.3 is 0 Å². The van der Waals surface area contributed by atoms with Gasteiger partial charge in [-0.1, -0.05) is 12.8 Å². The number of hydrogen-bond acceptors (Lipinski definition) is 2. The zero-order valence-electron chi connectivity index (χ0n) is 10.7. The minimum Gasteiger partial charge on any atom is -0.342 e. The normalized spacial score (nSPS) is 35.2. The molecule has 0 radical (unpaired) electrons. The van der Waals surface area contributed by atoms with Crippen molar-refractivity contribution in [3.63, 3.8) is 0 Å². The Kier molecular flexibility index (Phi) is 2.89. The Labute approximate surface area is 104 Å². The number of carbonyl (C=O) groups is 1. The van der Waals surface area contributed by atoms with Gasteiger partial charge in [0.2, 0.25) is 5.91 Å². The van der Waals surface area contributed by atoms with Crippen molar-refractivity contribution in [1.82, 2.24) is 4.90 Å². The number of likely N-dealkylation sites (tertiary alicyclic amines) is 1. The number of hydrogen-bond donors (Lipinski definition) is 1. The highest BCUT2D eigenvalue weighted by molar-refractivity contribution is 5.77. The minimum atomic E-state index is 0.277. The Hall–Kier alpha value is -0.570. The molecule has 3 rings (SSSR count). The van der Waals surface area contributed by atoms with Crippen LogP contribution in [0.15, 0.2) is 0 Å². The second-order valence-corrected chi connectivity index (χ2v) is 6.48. The van der Waals surface area contributed by atoms with Gasteiger partial charge in [0.25, 0.3) is 0 Å². The molecule has 17 heavy (non-hydrogen) atoms. The lowest BCUT2D eigenvalue weighted by Crippen LogP contribution is -2.37. The molecule has 3 nitrogen and oxygen atoms in total. The Balaban J connectivity index is 1.53. The maximum absolute atomic E-state index is 12.2. The predicted molar refractivity (Wildman–Crippen MR) is 67.4 cm³/mol. The van der Waals surface area contributed by atoms with E-state index in [9.17, 15) is 4.79 Å². The zero-order chi connectivity index (χ0) is 11.9. The Morgan fingerprint density at radius 1 is 1.24 bits per heavy atom. The summed E-state index contributed by atoms with van der Waals surface area (Å²) in [6.45, 7) is 2.04. The standard InChI is InChI=1S/C14H24N2O/c15-12-4-1-3-11(12)9-13(17)16-8-7-14(10-16)5-2-6-14/h11-12H,1-10,15H2/t11-,12+/m0/s1. The van der Waals surface area contributed by atoms with Crippen LogP contribution in [0.25, 0.3) is 0 Å². The van der Waals surface area contributed by atoms with Gasteiger partial charge in [-0.3, -0.25) is 4.79 Å².